The molecule has 0 aliphatic rings. The molecule has 0 bridgehead atoms. The molecule has 0 saturated carbocycles. The van der Waals surface area contributed by atoms with E-state index in [0.29, 0.717) is 31.8 Å². The van der Waals surface area contributed by atoms with Gasteiger partial charge in [0, 0.05) is 18.6 Å². The Balaban J connectivity index is 2.10. The van der Waals surface area contributed by atoms with Gasteiger partial charge in [0.15, 0.2) is 11.5 Å². The van der Waals surface area contributed by atoms with E-state index in [9.17, 15) is 0 Å². The van der Waals surface area contributed by atoms with E-state index in [-0.39, 0.29) is 0 Å². The van der Waals surface area contributed by atoms with Crippen LogP contribution in [0.15, 0.2) is 41.4 Å². The molecule has 0 spiro atoms. The van der Waals surface area contributed by atoms with Crippen LogP contribution in [0.2, 0.25) is 10.0 Å². The van der Waals surface area contributed by atoms with Gasteiger partial charge >= 0.3 is 0 Å². The largest absolute Gasteiger partial charge is 0.336 e. The maximum Gasteiger partial charge on any atom is 0.180 e. The van der Waals surface area contributed by atoms with Crippen LogP contribution in [0, 0.1) is 0 Å². The summed E-state index contributed by atoms with van der Waals surface area (Å²) in [5, 5.41) is 4.08. The van der Waals surface area contributed by atoms with E-state index in [1.807, 2.05) is 28.9 Å². The van der Waals surface area contributed by atoms with Crippen LogP contribution >= 0.6 is 39.1 Å². The standard InChI is InChI=1S/C12H7BrCl2N4/c13-9-6-19-5-4-16-12(19)11(18-9)17-8-3-1-2-7(14)10(8)15/h1-6H,(H,17,18). The topological polar surface area (TPSA) is 42.2 Å². The van der Waals surface area contributed by atoms with E-state index in [4.69, 9.17) is 23.2 Å². The van der Waals surface area contributed by atoms with Crippen molar-refractivity contribution < 1.29 is 0 Å². The fourth-order valence-corrected chi connectivity index (χ4v) is 2.46. The molecule has 3 aromatic rings. The van der Waals surface area contributed by atoms with E-state index in [0.717, 1.165) is 0 Å². The summed E-state index contributed by atoms with van der Waals surface area (Å²) in [5.74, 6) is 0.601. The van der Waals surface area contributed by atoms with Gasteiger partial charge < -0.3 is 9.72 Å². The van der Waals surface area contributed by atoms with Crippen molar-refractivity contribution in [3.05, 3.63) is 51.4 Å². The summed E-state index contributed by atoms with van der Waals surface area (Å²) in [4.78, 5) is 8.61. The lowest BCUT2D eigenvalue weighted by Gasteiger charge is -2.09. The second kappa shape index (κ2) is 5.00. The number of halogens is 3. The summed E-state index contributed by atoms with van der Waals surface area (Å²) >= 11 is 15.5. The molecule has 3 rings (SSSR count). The summed E-state index contributed by atoms with van der Waals surface area (Å²) in [7, 11) is 0. The molecule has 0 aliphatic carbocycles. The SMILES string of the molecule is Clc1cccc(Nc2nc(Br)cn3ccnc23)c1Cl. The molecule has 4 nitrogen and oxygen atoms in total. The Morgan fingerprint density at radius 1 is 1.26 bits per heavy atom. The average Bonchev–Trinajstić information content (AvgIpc) is 2.83. The molecule has 0 atom stereocenters. The number of fused-ring (bicyclic) bond motifs is 1. The van der Waals surface area contributed by atoms with Gasteiger partial charge in [-0.05, 0) is 28.1 Å². The molecule has 2 aromatic heterocycles. The maximum atomic E-state index is 6.15. The average molecular weight is 358 g/mol. The highest BCUT2D eigenvalue weighted by atomic mass is 79.9. The van der Waals surface area contributed by atoms with Crippen LogP contribution in [-0.4, -0.2) is 14.4 Å². The molecule has 0 radical (unpaired) electrons. The van der Waals surface area contributed by atoms with Crippen LogP contribution in [-0.2, 0) is 0 Å². The van der Waals surface area contributed by atoms with Gasteiger partial charge in [0.1, 0.15) is 4.60 Å². The molecule has 7 heteroatoms. The molecule has 2 heterocycles. The van der Waals surface area contributed by atoms with Crippen molar-refractivity contribution in [1.82, 2.24) is 14.4 Å². The van der Waals surface area contributed by atoms with E-state index in [1.165, 1.54) is 0 Å². The molecule has 19 heavy (non-hydrogen) atoms. The smallest absolute Gasteiger partial charge is 0.180 e. The molecule has 1 aromatic carbocycles. The van der Waals surface area contributed by atoms with Gasteiger partial charge in [-0.3, -0.25) is 0 Å². The zero-order chi connectivity index (χ0) is 13.4. The Morgan fingerprint density at radius 2 is 2.11 bits per heavy atom. The first-order chi connectivity index (χ1) is 9.15. The summed E-state index contributed by atoms with van der Waals surface area (Å²) < 4.78 is 2.55. The third-order valence-electron chi connectivity index (χ3n) is 2.55. The molecule has 1 N–H and O–H groups in total. The van der Waals surface area contributed by atoms with Gasteiger partial charge in [0.2, 0.25) is 0 Å². The van der Waals surface area contributed by atoms with E-state index >= 15 is 0 Å². The van der Waals surface area contributed by atoms with Gasteiger partial charge in [0.25, 0.3) is 0 Å². The van der Waals surface area contributed by atoms with E-state index < -0.39 is 0 Å². The first-order valence-electron chi connectivity index (χ1n) is 5.35. The summed E-state index contributed by atoms with van der Waals surface area (Å²) in [6, 6.07) is 5.38. The normalized spacial score (nSPS) is 10.9. The molecule has 0 amide bonds. The third-order valence-corrected chi connectivity index (χ3v) is 3.75. The fraction of sp³-hybridized carbons (Fsp3) is 0. The number of rotatable bonds is 2. The number of anilines is 2. The zero-order valence-electron chi connectivity index (χ0n) is 9.44. The Kier molecular flexibility index (Phi) is 3.35. The van der Waals surface area contributed by atoms with Gasteiger partial charge in [-0.2, -0.15) is 0 Å². The molecule has 0 fully saturated rings. The number of benzene rings is 1. The van der Waals surface area contributed by atoms with Crippen molar-refractivity contribution in [3.8, 4) is 0 Å². The molecule has 96 valence electrons. The number of nitrogens with zero attached hydrogens (tertiary/aromatic N) is 3. The third kappa shape index (κ3) is 2.41. The number of hydrogen-bond acceptors (Lipinski definition) is 3. The van der Waals surface area contributed by atoms with Gasteiger partial charge in [-0.1, -0.05) is 29.3 Å². The highest BCUT2D eigenvalue weighted by Gasteiger charge is 2.10. The predicted molar refractivity (Wildman–Crippen MR) is 80.4 cm³/mol. The number of nitrogens with one attached hydrogen (secondary N) is 1. The molecule has 0 aliphatic heterocycles. The Labute approximate surface area is 127 Å². The predicted octanol–water partition coefficient (Wildman–Crippen LogP) is 4.54. The van der Waals surface area contributed by atoms with Crippen molar-refractivity contribution >= 4 is 56.3 Å². The van der Waals surface area contributed by atoms with Crippen molar-refractivity contribution in [2.24, 2.45) is 0 Å². The number of aromatic nitrogens is 3. The first-order valence-corrected chi connectivity index (χ1v) is 6.90. The fourth-order valence-electron chi connectivity index (χ4n) is 1.71. The maximum absolute atomic E-state index is 6.15. The van der Waals surface area contributed by atoms with Crippen molar-refractivity contribution in [2.75, 3.05) is 5.32 Å². The minimum absolute atomic E-state index is 0.454. The Bertz CT molecular complexity index is 757. The Hall–Kier alpha value is -1.30. The van der Waals surface area contributed by atoms with E-state index in [1.54, 1.807) is 12.3 Å². The minimum atomic E-state index is 0.454. The van der Waals surface area contributed by atoms with Crippen LogP contribution < -0.4 is 5.32 Å². The van der Waals surface area contributed by atoms with Gasteiger partial charge in [-0.25, -0.2) is 9.97 Å². The summed E-state index contributed by atoms with van der Waals surface area (Å²) in [6.07, 6.45) is 5.37. The molecule has 0 unspecified atom stereocenters. The van der Waals surface area contributed by atoms with Crippen LogP contribution in [0.4, 0.5) is 11.5 Å². The second-order valence-corrected chi connectivity index (χ2v) is 5.39. The van der Waals surface area contributed by atoms with Crippen molar-refractivity contribution in [2.45, 2.75) is 0 Å². The monoisotopic (exact) mass is 356 g/mol. The number of imidazole rings is 1. The number of hydrogen-bond donors (Lipinski definition) is 1. The van der Waals surface area contributed by atoms with Crippen LogP contribution in [0.1, 0.15) is 0 Å². The van der Waals surface area contributed by atoms with Crippen LogP contribution in [0.25, 0.3) is 5.65 Å². The highest BCUT2D eigenvalue weighted by Crippen LogP contribution is 2.32. The lowest BCUT2D eigenvalue weighted by atomic mass is 10.3. The zero-order valence-corrected chi connectivity index (χ0v) is 12.5. The lowest BCUT2D eigenvalue weighted by molar-refractivity contribution is 1.10. The van der Waals surface area contributed by atoms with Gasteiger partial charge in [-0.15, -0.1) is 0 Å². The molecular weight excluding hydrogens is 351 g/mol. The van der Waals surface area contributed by atoms with Gasteiger partial charge in [0.05, 0.1) is 15.7 Å². The second-order valence-electron chi connectivity index (χ2n) is 3.80. The molecule has 0 saturated heterocycles. The Morgan fingerprint density at radius 3 is 2.95 bits per heavy atom. The van der Waals surface area contributed by atoms with Crippen LogP contribution in [0.5, 0.6) is 0 Å². The van der Waals surface area contributed by atoms with E-state index in [2.05, 4.69) is 31.2 Å². The van der Waals surface area contributed by atoms with Crippen LogP contribution in [0.3, 0.4) is 0 Å². The summed E-state index contributed by atoms with van der Waals surface area (Å²) in [5.41, 5.74) is 1.39. The quantitative estimate of drug-likeness (QED) is 0.731. The van der Waals surface area contributed by atoms with Crippen molar-refractivity contribution in [1.29, 1.82) is 0 Å². The van der Waals surface area contributed by atoms with Crippen molar-refractivity contribution in [3.63, 3.8) is 0 Å². The minimum Gasteiger partial charge on any atom is -0.336 e. The molecular formula is C12H7BrCl2N4. The highest BCUT2D eigenvalue weighted by molar-refractivity contribution is 9.10. The first kappa shape index (κ1) is 12.7. The lowest BCUT2D eigenvalue weighted by Crippen LogP contribution is -1.99. The summed E-state index contributed by atoms with van der Waals surface area (Å²) in [6.45, 7) is 0.